The van der Waals surface area contributed by atoms with E-state index in [2.05, 4.69) is 32.3 Å². The number of aromatic nitrogens is 1. The van der Waals surface area contributed by atoms with Crippen LogP contribution in [0.25, 0.3) is 6.08 Å². The van der Waals surface area contributed by atoms with Crippen LogP contribution in [0.3, 0.4) is 0 Å². The molecule has 0 saturated heterocycles. The molecular weight excluding hydrogens is 366 g/mol. The number of nitrogens with zero attached hydrogens (tertiary/aromatic N) is 2. The van der Waals surface area contributed by atoms with Gasteiger partial charge in [0.2, 0.25) is 0 Å². The highest BCUT2D eigenvalue weighted by Gasteiger charge is 2.33. The first-order valence-corrected chi connectivity index (χ1v) is 8.70. The molecule has 2 unspecified atom stereocenters. The maximum absolute atomic E-state index is 10.5. The lowest BCUT2D eigenvalue weighted by atomic mass is 10.0. The van der Waals surface area contributed by atoms with Crippen molar-refractivity contribution in [1.82, 2.24) is 10.3 Å². The second-order valence-electron chi connectivity index (χ2n) is 5.89. The highest BCUT2D eigenvalue weighted by molar-refractivity contribution is 9.10. The van der Waals surface area contributed by atoms with E-state index in [0.717, 1.165) is 18.4 Å². The van der Waals surface area contributed by atoms with E-state index < -0.39 is 6.23 Å². The monoisotopic (exact) mass is 383 g/mol. The van der Waals surface area contributed by atoms with Gasteiger partial charge in [-0.25, -0.2) is 4.98 Å². The number of rotatable bonds is 6. The van der Waals surface area contributed by atoms with Gasteiger partial charge in [-0.05, 0) is 58.5 Å². The molecule has 1 aliphatic rings. The van der Waals surface area contributed by atoms with Crippen LogP contribution in [-0.4, -0.2) is 16.3 Å². The molecule has 0 radical (unpaired) electrons. The molecule has 3 rings (SSSR count). The number of pyridine rings is 1. The third kappa shape index (κ3) is 4.30. The molecule has 1 saturated carbocycles. The Morgan fingerprint density at radius 2 is 2.00 bits per heavy atom. The highest BCUT2D eigenvalue weighted by atomic mass is 79.9. The van der Waals surface area contributed by atoms with Crippen molar-refractivity contribution >= 4 is 22.0 Å². The fraction of sp³-hybridized carbons (Fsp3) is 0.263. The quantitative estimate of drug-likeness (QED) is 0.452. The van der Waals surface area contributed by atoms with E-state index in [-0.39, 0.29) is 11.6 Å². The van der Waals surface area contributed by atoms with Crippen molar-refractivity contribution in [2.45, 2.75) is 25.1 Å². The molecule has 0 spiro atoms. The van der Waals surface area contributed by atoms with Gasteiger partial charge in [0.05, 0.1) is 17.3 Å². The minimum atomic E-state index is -1.03. The summed E-state index contributed by atoms with van der Waals surface area (Å²) in [4.78, 5) is 4.28. The molecule has 0 amide bonds. The van der Waals surface area contributed by atoms with E-state index in [1.165, 1.54) is 0 Å². The zero-order chi connectivity index (χ0) is 16.9. The third-order valence-corrected chi connectivity index (χ3v) is 4.49. The van der Waals surface area contributed by atoms with Crippen LogP contribution < -0.4 is 5.32 Å². The smallest absolute Gasteiger partial charge is 0.141 e. The summed E-state index contributed by atoms with van der Waals surface area (Å²) in [5.41, 5.74) is 2.02. The molecule has 24 heavy (non-hydrogen) atoms. The van der Waals surface area contributed by atoms with E-state index in [4.69, 9.17) is 0 Å². The van der Waals surface area contributed by atoms with Crippen molar-refractivity contribution in [3.8, 4) is 6.07 Å². The Bertz CT molecular complexity index is 766. The van der Waals surface area contributed by atoms with Crippen molar-refractivity contribution in [1.29, 1.82) is 5.26 Å². The molecule has 1 aromatic carbocycles. The number of benzene rings is 1. The highest BCUT2D eigenvalue weighted by Crippen LogP contribution is 2.41. The lowest BCUT2D eigenvalue weighted by Gasteiger charge is -2.22. The Labute approximate surface area is 150 Å². The predicted molar refractivity (Wildman–Crippen MR) is 96.6 cm³/mol. The maximum atomic E-state index is 10.5. The molecule has 122 valence electrons. The van der Waals surface area contributed by atoms with E-state index >= 15 is 0 Å². The molecule has 0 bridgehead atoms. The van der Waals surface area contributed by atoms with Crippen molar-refractivity contribution < 1.29 is 5.11 Å². The van der Waals surface area contributed by atoms with Crippen LogP contribution in [-0.2, 0) is 0 Å². The molecular formula is C19H18BrN3O. The summed E-state index contributed by atoms with van der Waals surface area (Å²) in [6.45, 7) is 0. The van der Waals surface area contributed by atoms with Gasteiger partial charge in [-0.3, -0.25) is 5.32 Å². The van der Waals surface area contributed by atoms with Crippen LogP contribution in [0.5, 0.6) is 0 Å². The van der Waals surface area contributed by atoms with Crippen molar-refractivity contribution in [3.63, 3.8) is 0 Å². The number of aliphatic hydroxyl groups is 1. The van der Waals surface area contributed by atoms with Crippen LogP contribution in [0, 0.1) is 17.2 Å². The van der Waals surface area contributed by atoms with Gasteiger partial charge in [0.1, 0.15) is 10.8 Å². The summed E-state index contributed by atoms with van der Waals surface area (Å²) in [5.74, 6) is 0.506. The number of hydrogen-bond acceptors (Lipinski definition) is 4. The van der Waals surface area contributed by atoms with E-state index in [9.17, 15) is 10.4 Å². The molecule has 1 aliphatic carbocycles. The Hall–Kier alpha value is -2.00. The number of halogens is 1. The normalized spacial score (nSPS) is 17.1. The van der Waals surface area contributed by atoms with Crippen LogP contribution in [0.2, 0.25) is 0 Å². The number of nitrogens with one attached hydrogen (secondary N) is 1. The maximum Gasteiger partial charge on any atom is 0.141 e. The summed E-state index contributed by atoms with van der Waals surface area (Å²) in [5, 5.41) is 23.1. The third-order valence-electron chi connectivity index (χ3n) is 4.05. The van der Waals surface area contributed by atoms with Crippen molar-refractivity contribution in [2.75, 3.05) is 0 Å². The summed E-state index contributed by atoms with van der Waals surface area (Å²) in [6.07, 6.45) is 2.86. The first kappa shape index (κ1) is 16.8. The second-order valence-corrected chi connectivity index (χ2v) is 6.70. The Balaban J connectivity index is 1.78. The summed E-state index contributed by atoms with van der Waals surface area (Å²) in [6, 6.07) is 17.6. The molecule has 4 nitrogen and oxygen atoms in total. The lowest BCUT2D eigenvalue weighted by Crippen LogP contribution is -2.35. The molecule has 2 atom stereocenters. The SMILES string of the molecule is N#CC(=Cc1cccc(Br)n1)C(O)NC(c1ccccc1)C1CC1. The summed E-state index contributed by atoms with van der Waals surface area (Å²) >= 11 is 3.31. The van der Waals surface area contributed by atoms with Crippen LogP contribution in [0.15, 0.2) is 58.7 Å². The molecule has 1 heterocycles. The fourth-order valence-electron chi connectivity index (χ4n) is 2.69. The van der Waals surface area contributed by atoms with E-state index in [1.54, 1.807) is 12.1 Å². The minimum absolute atomic E-state index is 0.0495. The molecule has 2 N–H and O–H groups in total. The van der Waals surface area contributed by atoms with Gasteiger partial charge >= 0.3 is 0 Å². The van der Waals surface area contributed by atoms with E-state index in [0.29, 0.717) is 16.2 Å². The Kier molecular flexibility index (Phi) is 5.41. The zero-order valence-corrected chi connectivity index (χ0v) is 14.6. The standard InChI is InChI=1S/C19H18BrN3O/c20-17-8-4-7-16(22-17)11-15(12-21)19(24)23-18(14-9-10-14)13-5-2-1-3-6-13/h1-8,11,14,18-19,23-24H,9-10H2. The van der Waals surface area contributed by atoms with Gasteiger partial charge in [0.25, 0.3) is 0 Å². The van der Waals surface area contributed by atoms with Crippen LogP contribution >= 0.6 is 15.9 Å². The Morgan fingerprint density at radius 3 is 2.62 bits per heavy atom. The molecule has 1 aromatic heterocycles. The zero-order valence-electron chi connectivity index (χ0n) is 13.1. The number of nitriles is 1. The number of hydrogen-bond donors (Lipinski definition) is 2. The topological polar surface area (TPSA) is 68.9 Å². The molecule has 0 aliphatic heterocycles. The van der Waals surface area contributed by atoms with Crippen LogP contribution in [0.1, 0.15) is 30.1 Å². The van der Waals surface area contributed by atoms with Crippen molar-refractivity contribution in [3.05, 3.63) is 70.0 Å². The fourth-order valence-corrected chi connectivity index (χ4v) is 3.05. The summed E-state index contributed by atoms with van der Waals surface area (Å²) < 4.78 is 0.691. The first-order valence-electron chi connectivity index (χ1n) is 7.90. The second kappa shape index (κ2) is 7.71. The van der Waals surface area contributed by atoms with Gasteiger partial charge in [-0.2, -0.15) is 5.26 Å². The lowest BCUT2D eigenvalue weighted by molar-refractivity contribution is 0.155. The average molecular weight is 384 g/mol. The Morgan fingerprint density at radius 1 is 1.25 bits per heavy atom. The summed E-state index contributed by atoms with van der Waals surface area (Å²) in [7, 11) is 0. The van der Waals surface area contributed by atoms with E-state index in [1.807, 2.05) is 42.5 Å². The van der Waals surface area contributed by atoms with Gasteiger partial charge in [-0.15, -0.1) is 0 Å². The molecule has 5 heteroatoms. The van der Waals surface area contributed by atoms with Crippen molar-refractivity contribution in [2.24, 2.45) is 5.92 Å². The molecule has 1 fully saturated rings. The largest absolute Gasteiger partial charge is 0.374 e. The van der Waals surface area contributed by atoms with Gasteiger partial charge < -0.3 is 5.11 Å². The van der Waals surface area contributed by atoms with Gasteiger partial charge in [-0.1, -0.05) is 36.4 Å². The molecule has 2 aromatic rings. The number of aliphatic hydroxyl groups excluding tert-OH is 1. The first-order chi connectivity index (χ1) is 11.7. The minimum Gasteiger partial charge on any atom is -0.374 e. The van der Waals surface area contributed by atoms with Gasteiger partial charge in [0.15, 0.2) is 0 Å². The van der Waals surface area contributed by atoms with Gasteiger partial charge in [0, 0.05) is 6.04 Å². The average Bonchev–Trinajstić information content (AvgIpc) is 3.43. The van der Waals surface area contributed by atoms with Crippen LogP contribution in [0.4, 0.5) is 0 Å². The predicted octanol–water partition coefficient (Wildman–Crippen LogP) is 3.81.